The van der Waals surface area contributed by atoms with E-state index < -0.39 is 0 Å². The first kappa shape index (κ1) is 20.5. The van der Waals surface area contributed by atoms with Gasteiger partial charge in [-0.15, -0.1) is 0 Å². The molecule has 4 fully saturated rings. The number of fused-ring (bicyclic) bond motifs is 1. The molecule has 33 heavy (non-hydrogen) atoms. The van der Waals surface area contributed by atoms with Crippen LogP contribution < -0.4 is 15.5 Å². The third-order valence-electron chi connectivity index (χ3n) is 8.09. The second kappa shape index (κ2) is 7.75. The van der Waals surface area contributed by atoms with E-state index in [1.807, 2.05) is 24.3 Å². The normalized spacial score (nSPS) is 27.6. The van der Waals surface area contributed by atoms with Crippen LogP contribution in [0, 0.1) is 23.2 Å². The summed E-state index contributed by atoms with van der Waals surface area (Å²) in [6.07, 6.45) is 8.51. The molecule has 7 rings (SSSR count). The Morgan fingerprint density at radius 2 is 1.67 bits per heavy atom. The number of nitrogens with one attached hydrogen (secondary N) is 1. The summed E-state index contributed by atoms with van der Waals surface area (Å²) in [6.45, 7) is 0. The number of hydrogen-bond acceptors (Lipinski definition) is 4. The fraction of sp³-hybridized carbons (Fsp3) is 0.429. The molecule has 1 amide bonds. The second-order valence-electron chi connectivity index (χ2n) is 10.6. The van der Waals surface area contributed by atoms with Crippen LogP contribution in [0.2, 0.25) is 0 Å². The number of carbonyl (C=O) groups excluding carboxylic acids is 1. The fourth-order valence-electron chi connectivity index (χ4n) is 7.17. The zero-order chi connectivity index (χ0) is 22.6. The molecule has 4 aliphatic rings. The van der Waals surface area contributed by atoms with Gasteiger partial charge in [-0.2, -0.15) is 0 Å². The van der Waals surface area contributed by atoms with Gasteiger partial charge >= 0.3 is 0 Å². The number of ether oxygens (including phenoxy) is 1. The van der Waals surface area contributed by atoms with E-state index in [4.69, 9.17) is 9.15 Å². The minimum atomic E-state index is -0.113. The van der Waals surface area contributed by atoms with Crippen molar-refractivity contribution in [3.05, 3.63) is 58.8 Å². The highest BCUT2D eigenvalue weighted by molar-refractivity contribution is 5.91. The van der Waals surface area contributed by atoms with Crippen LogP contribution in [0.15, 0.2) is 57.7 Å². The van der Waals surface area contributed by atoms with E-state index in [-0.39, 0.29) is 16.8 Å². The number of benzene rings is 2. The second-order valence-corrected chi connectivity index (χ2v) is 10.6. The van der Waals surface area contributed by atoms with E-state index in [2.05, 4.69) is 5.32 Å². The number of carbonyl (C=O) groups is 1. The molecule has 4 saturated carbocycles. The summed E-state index contributed by atoms with van der Waals surface area (Å²) >= 11 is 0. The molecule has 0 atom stereocenters. The minimum Gasteiger partial charge on any atom is -0.497 e. The smallest absolute Gasteiger partial charge is 0.224 e. The zero-order valence-electron chi connectivity index (χ0n) is 18.9. The third-order valence-corrected chi connectivity index (χ3v) is 8.09. The molecular formula is C28H29NO4. The molecule has 1 N–H and O–H groups in total. The van der Waals surface area contributed by atoms with Gasteiger partial charge in [-0.05, 0) is 104 Å². The van der Waals surface area contributed by atoms with Crippen molar-refractivity contribution in [2.75, 3.05) is 12.4 Å². The minimum absolute atomic E-state index is 0.113. The van der Waals surface area contributed by atoms with Gasteiger partial charge in [0.15, 0.2) is 5.43 Å². The van der Waals surface area contributed by atoms with Gasteiger partial charge in [0.05, 0.1) is 12.5 Å². The van der Waals surface area contributed by atoms with E-state index in [0.717, 1.165) is 29.0 Å². The van der Waals surface area contributed by atoms with Crippen molar-refractivity contribution in [1.82, 2.24) is 0 Å². The van der Waals surface area contributed by atoms with Crippen molar-refractivity contribution in [1.29, 1.82) is 0 Å². The monoisotopic (exact) mass is 443 g/mol. The number of hydrogen-bond donors (Lipinski definition) is 1. The summed E-state index contributed by atoms with van der Waals surface area (Å²) in [4.78, 5) is 25.5. The highest BCUT2D eigenvalue weighted by Crippen LogP contribution is 2.61. The van der Waals surface area contributed by atoms with Gasteiger partial charge in [0.25, 0.3) is 0 Å². The highest BCUT2D eigenvalue weighted by atomic mass is 16.5. The first-order valence-corrected chi connectivity index (χ1v) is 12.0. The van der Waals surface area contributed by atoms with Gasteiger partial charge in [-0.1, -0.05) is 0 Å². The summed E-state index contributed by atoms with van der Waals surface area (Å²) in [5.74, 6) is 3.79. The van der Waals surface area contributed by atoms with Gasteiger partial charge in [-0.25, -0.2) is 0 Å². The Balaban J connectivity index is 1.17. The molecular weight excluding hydrogens is 414 g/mol. The highest BCUT2D eigenvalue weighted by Gasteiger charge is 2.51. The van der Waals surface area contributed by atoms with Crippen LogP contribution in [-0.2, 0) is 4.79 Å². The van der Waals surface area contributed by atoms with Crippen molar-refractivity contribution >= 4 is 22.6 Å². The molecule has 170 valence electrons. The maximum Gasteiger partial charge on any atom is 0.224 e. The average molecular weight is 444 g/mol. The SMILES string of the molecule is COc1ccc2oc(-c3ccc(NC(=O)CC45CC6CC(CC(C6)C4)C5)cc3)cc(=O)c2c1. The zero-order valence-corrected chi connectivity index (χ0v) is 18.9. The number of rotatable bonds is 5. The average Bonchev–Trinajstić information content (AvgIpc) is 2.78. The standard InChI is InChI=1S/C28H29NO4/c1-32-22-6-7-25-23(11-22)24(30)12-26(33-25)20-2-4-21(5-3-20)29-27(31)16-28-13-17-8-18(14-28)10-19(9-17)15-28/h2-7,11-12,17-19H,8-10,13-16H2,1H3,(H,29,31). The van der Waals surface area contributed by atoms with Gasteiger partial charge < -0.3 is 14.5 Å². The summed E-state index contributed by atoms with van der Waals surface area (Å²) in [6, 6.07) is 14.2. The summed E-state index contributed by atoms with van der Waals surface area (Å²) in [5, 5.41) is 3.60. The van der Waals surface area contributed by atoms with Crippen LogP contribution in [0.5, 0.6) is 5.75 Å². The third kappa shape index (κ3) is 3.84. The number of methoxy groups -OCH3 is 1. The summed E-state index contributed by atoms with van der Waals surface area (Å²) in [7, 11) is 1.57. The largest absolute Gasteiger partial charge is 0.497 e. The lowest BCUT2D eigenvalue weighted by molar-refractivity contribution is -0.124. The van der Waals surface area contributed by atoms with Crippen molar-refractivity contribution in [2.24, 2.45) is 23.2 Å². The fourth-order valence-corrected chi connectivity index (χ4v) is 7.17. The first-order chi connectivity index (χ1) is 16.0. The molecule has 0 unspecified atom stereocenters. The van der Waals surface area contributed by atoms with E-state index in [1.54, 1.807) is 25.3 Å². The van der Waals surface area contributed by atoms with Crippen molar-refractivity contribution < 1.29 is 13.9 Å². The molecule has 3 aromatic rings. The van der Waals surface area contributed by atoms with Crippen molar-refractivity contribution in [2.45, 2.75) is 44.9 Å². The molecule has 2 aromatic carbocycles. The molecule has 1 aromatic heterocycles. The molecule has 5 nitrogen and oxygen atoms in total. The molecule has 4 aliphatic carbocycles. The summed E-state index contributed by atoms with van der Waals surface area (Å²) in [5.41, 5.74) is 2.21. The Morgan fingerprint density at radius 3 is 2.30 bits per heavy atom. The predicted octanol–water partition coefficient (Wildman–Crippen LogP) is 6.01. The Bertz CT molecular complexity index is 1240. The quantitative estimate of drug-likeness (QED) is 0.524. The van der Waals surface area contributed by atoms with E-state index in [9.17, 15) is 9.59 Å². The number of anilines is 1. The molecule has 0 radical (unpaired) electrons. The van der Waals surface area contributed by atoms with Gasteiger partial charge in [0.1, 0.15) is 17.1 Å². The molecule has 1 heterocycles. The lowest BCUT2D eigenvalue weighted by Crippen LogP contribution is -2.47. The predicted molar refractivity (Wildman–Crippen MR) is 128 cm³/mol. The lowest BCUT2D eigenvalue weighted by atomic mass is 9.49. The molecule has 5 heteroatoms. The number of amides is 1. The van der Waals surface area contributed by atoms with Crippen LogP contribution in [0.3, 0.4) is 0 Å². The van der Waals surface area contributed by atoms with Gasteiger partial charge in [-0.3, -0.25) is 9.59 Å². The van der Waals surface area contributed by atoms with Crippen molar-refractivity contribution in [3.63, 3.8) is 0 Å². The van der Waals surface area contributed by atoms with E-state index >= 15 is 0 Å². The van der Waals surface area contributed by atoms with E-state index in [0.29, 0.717) is 28.9 Å². The van der Waals surface area contributed by atoms with Crippen molar-refractivity contribution in [3.8, 4) is 17.1 Å². The molecule has 0 spiro atoms. The maximum absolute atomic E-state index is 12.9. The van der Waals surface area contributed by atoms with Gasteiger partial charge in [0, 0.05) is 23.7 Å². The Kier molecular flexibility index (Phi) is 4.82. The Hall–Kier alpha value is -3.08. The first-order valence-electron chi connectivity index (χ1n) is 12.0. The lowest BCUT2D eigenvalue weighted by Gasteiger charge is -2.56. The van der Waals surface area contributed by atoms with Crippen LogP contribution in [0.4, 0.5) is 5.69 Å². The topological polar surface area (TPSA) is 68.5 Å². The Morgan fingerprint density at radius 1 is 1.00 bits per heavy atom. The van der Waals surface area contributed by atoms with Crippen LogP contribution in [0.25, 0.3) is 22.3 Å². The van der Waals surface area contributed by atoms with Crippen LogP contribution in [-0.4, -0.2) is 13.0 Å². The van der Waals surface area contributed by atoms with Gasteiger partial charge in [0.2, 0.25) is 5.91 Å². The molecule has 0 aliphatic heterocycles. The van der Waals surface area contributed by atoms with E-state index in [1.165, 1.54) is 44.6 Å². The Labute approximate surface area is 193 Å². The summed E-state index contributed by atoms with van der Waals surface area (Å²) < 4.78 is 11.2. The maximum atomic E-state index is 12.9. The van der Waals surface area contributed by atoms with Crippen LogP contribution in [0.1, 0.15) is 44.9 Å². The molecule has 4 bridgehead atoms. The molecule has 0 saturated heterocycles. The van der Waals surface area contributed by atoms with Crippen LogP contribution >= 0.6 is 0 Å².